The molecule has 5 heteroatoms. The third-order valence-corrected chi connectivity index (χ3v) is 1.40. The van der Waals surface area contributed by atoms with Crippen molar-refractivity contribution in [3.8, 4) is 0 Å². The van der Waals surface area contributed by atoms with E-state index in [-0.39, 0.29) is 0 Å². The first kappa shape index (κ1) is 10.9. The van der Waals surface area contributed by atoms with Crippen LogP contribution in [0, 0.1) is 0 Å². The quantitative estimate of drug-likeness (QED) is 0.433. The van der Waals surface area contributed by atoms with Crippen molar-refractivity contribution in [2.45, 2.75) is 0 Å². The van der Waals surface area contributed by atoms with Crippen molar-refractivity contribution in [2.24, 2.45) is 0 Å². The second-order valence-corrected chi connectivity index (χ2v) is 2.32. The number of hydrogen-bond donors (Lipinski definition) is 1. The second-order valence-electron chi connectivity index (χ2n) is 2.32. The number of methoxy groups -OCH3 is 1. The number of carbonyl (C=O) groups excluding carboxylic acids is 2. The van der Waals surface area contributed by atoms with Crippen LogP contribution in [0.15, 0.2) is 0 Å². The fraction of sp³-hybridized carbons (Fsp3) is 0.714. The second kappa shape index (κ2) is 5.54. The van der Waals surface area contributed by atoms with Crippen LogP contribution in [0.25, 0.3) is 0 Å². The van der Waals surface area contributed by atoms with E-state index in [4.69, 9.17) is 0 Å². The van der Waals surface area contributed by atoms with Crippen LogP contribution in [0.5, 0.6) is 0 Å². The summed E-state index contributed by atoms with van der Waals surface area (Å²) in [5.41, 5.74) is 0. The van der Waals surface area contributed by atoms with Gasteiger partial charge in [-0.3, -0.25) is 4.79 Å². The van der Waals surface area contributed by atoms with Gasteiger partial charge in [0.1, 0.15) is 0 Å². The van der Waals surface area contributed by atoms with Crippen LogP contribution >= 0.6 is 0 Å². The summed E-state index contributed by atoms with van der Waals surface area (Å²) in [6.45, 7) is 1.14. The Kier molecular flexibility index (Phi) is 5.03. The standard InChI is InChI=1S/C7H14N2O3/c1-8-4-5-9(2)6(10)7(11)12-3/h8H,4-5H2,1-3H3. The molecule has 0 bridgehead atoms. The molecule has 0 aromatic carbocycles. The van der Waals surface area contributed by atoms with Gasteiger partial charge in [0.05, 0.1) is 7.11 Å². The molecule has 0 unspecified atom stereocenters. The van der Waals surface area contributed by atoms with Crippen molar-refractivity contribution in [2.75, 3.05) is 34.3 Å². The molecular formula is C7H14N2O3. The SMILES string of the molecule is CNCCN(C)C(=O)C(=O)OC. The lowest BCUT2D eigenvalue weighted by molar-refractivity contribution is -0.157. The summed E-state index contributed by atoms with van der Waals surface area (Å²) >= 11 is 0. The average molecular weight is 174 g/mol. The van der Waals surface area contributed by atoms with Crippen LogP contribution in [0.3, 0.4) is 0 Å². The first-order chi connectivity index (χ1) is 5.63. The number of esters is 1. The largest absolute Gasteiger partial charge is 0.462 e. The normalized spacial score (nSPS) is 9.25. The lowest BCUT2D eigenvalue weighted by Crippen LogP contribution is -2.37. The van der Waals surface area contributed by atoms with E-state index in [0.29, 0.717) is 13.1 Å². The molecular weight excluding hydrogens is 160 g/mol. The van der Waals surface area contributed by atoms with Crippen molar-refractivity contribution < 1.29 is 14.3 Å². The van der Waals surface area contributed by atoms with Crippen LogP contribution in [0.2, 0.25) is 0 Å². The molecule has 0 heterocycles. The minimum absolute atomic E-state index is 0.491. The number of likely N-dealkylation sites (N-methyl/N-ethyl adjacent to an activating group) is 2. The third kappa shape index (κ3) is 3.34. The highest BCUT2D eigenvalue weighted by molar-refractivity contribution is 6.32. The van der Waals surface area contributed by atoms with Crippen molar-refractivity contribution >= 4 is 11.9 Å². The predicted molar refractivity (Wildman–Crippen MR) is 43.6 cm³/mol. The van der Waals surface area contributed by atoms with Crippen LogP contribution in [0.1, 0.15) is 0 Å². The molecule has 0 spiro atoms. The maximum Gasteiger partial charge on any atom is 0.396 e. The van der Waals surface area contributed by atoms with Crippen LogP contribution in [0.4, 0.5) is 0 Å². The Morgan fingerprint density at radius 3 is 2.50 bits per heavy atom. The van der Waals surface area contributed by atoms with Gasteiger partial charge in [0.2, 0.25) is 0 Å². The maximum atomic E-state index is 11.0. The van der Waals surface area contributed by atoms with Crippen molar-refractivity contribution in [3.05, 3.63) is 0 Å². The number of nitrogens with zero attached hydrogens (tertiary/aromatic N) is 1. The molecule has 0 rings (SSSR count). The third-order valence-electron chi connectivity index (χ3n) is 1.40. The van der Waals surface area contributed by atoms with Gasteiger partial charge >= 0.3 is 11.9 Å². The smallest absolute Gasteiger partial charge is 0.396 e. The average Bonchev–Trinajstić information content (AvgIpc) is 2.11. The Balaban J connectivity index is 3.84. The number of rotatable bonds is 3. The van der Waals surface area contributed by atoms with Gasteiger partial charge in [0.25, 0.3) is 0 Å². The van der Waals surface area contributed by atoms with E-state index in [1.165, 1.54) is 12.0 Å². The number of ether oxygens (including phenoxy) is 1. The molecule has 5 nitrogen and oxygen atoms in total. The van der Waals surface area contributed by atoms with Gasteiger partial charge in [-0.25, -0.2) is 4.79 Å². The Labute approximate surface area is 71.7 Å². The van der Waals surface area contributed by atoms with Gasteiger partial charge in [-0.2, -0.15) is 0 Å². The molecule has 0 aliphatic heterocycles. The summed E-state index contributed by atoms with van der Waals surface area (Å²) in [4.78, 5) is 23.0. The zero-order chi connectivity index (χ0) is 9.56. The molecule has 12 heavy (non-hydrogen) atoms. The lowest BCUT2D eigenvalue weighted by atomic mass is 10.5. The first-order valence-corrected chi connectivity index (χ1v) is 3.61. The predicted octanol–water partition coefficient (Wildman–Crippen LogP) is -1.16. The van der Waals surface area contributed by atoms with E-state index in [1.807, 2.05) is 0 Å². The topological polar surface area (TPSA) is 58.6 Å². The Hall–Kier alpha value is -1.10. The van der Waals surface area contributed by atoms with Gasteiger partial charge < -0.3 is 15.0 Å². The van der Waals surface area contributed by atoms with Crippen molar-refractivity contribution in [1.82, 2.24) is 10.2 Å². The summed E-state index contributed by atoms with van der Waals surface area (Å²) in [5, 5.41) is 2.86. The van der Waals surface area contributed by atoms with Crippen LogP contribution in [-0.4, -0.2) is 51.1 Å². The maximum absolute atomic E-state index is 11.0. The minimum atomic E-state index is -0.825. The number of carbonyl (C=O) groups is 2. The molecule has 0 atom stereocenters. The summed E-state index contributed by atoms with van der Waals surface area (Å²) in [7, 11) is 4.51. The molecule has 0 saturated heterocycles. The van der Waals surface area contributed by atoms with Gasteiger partial charge in [0, 0.05) is 20.1 Å². The molecule has 0 aliphatic rings. The number of nitrogens with one attached hydrogen (secondary N) is 1. The highest BCUT2D eigenvalue weighted by Crippen LogP contribution is 1.85. The highest BCUT2D eigenvalue weighted by Gasteiger charge is 2.17. The Bertz CT molecular complexity index is 170. The number of amides is 1. The molecule has 0 aromatic heterocycles. The molecule has 0 fully saturated rings. The van der Waals surface area contributed by atoms with E-state index < -0.39 is 11.9 Å². The van der Waals surface area contributed by atoms with E-state index in [2.05, 4.69) is 10.1 Å². The van der Waals surface area contributed by atoms with Crippen LogP contribution in [-0.2, 0) is 14.3 Å². The summed E-state index contributed by atoms with van der Waals surface area (Å²) < 4.78 is 4.26. The fourth-order valence-electron chi connectivity index (χ4n) is 0.624. The van der Waals surface area contributed by atoms with Crippen LogP contribution < -0.4 is 5.32 Å². The lowest BCUT2D eigenvalue weighted by Gasteiger charge is -2.14. The molecule has 0 saturated carbocycles. The first-order valence-electron chi connectivity index (χ1n) is 3.61. The van der Waals surface area contributed by atoms with E-state index in [9.17, 15) is 9.59 Å². The molecule has 70 valence electrons. The van der Waals surface area contributed by atoms with Gasteiger partial charge in [0.15, 0.2) is 0 Å². The molecule has 1 amide bonds. The van der Waals surface area contributed by atoms with Crippen molar-refractivity contribution in [1.29, 1.82) is 0 Å². The molecule has 0 aliphatic carbocycles. The number of hydrogen-bond acceptors (Lipinski definition) is 4. The summed E-state index contributed by atoms with van der Waals surface area (Å²) in [6.07, 6.45) is 0. The zero-order valence-corrected chi connectivity index (χ0v) is 7.59. The monoisotopic (exact) mass is 174 g/mol. The van der Waals surface area contributed by atoms with Gasteiger partial charge in [-0.05, 0) is 7.05 Å². The van der Waals surface area contributed by atoms with E-state index in [1.54, 1.807) is 14.1 Å². The van der Waals surface area contributed by atoms with E-state index >= 15 is 0 Å². The zero-order valence-electron chi connectivity index (χ0n) is 7.59. The van der Waals surface area contributed by atoms with Gasteiger partial charge in [-0.1, -0.05) is 0 Å². The molecule has 1 N–H and O–H groups in total. The van der Waals surface area contributed by atoms with E-state index in [0.717, 1.165) is 0 Å². The Morgan fingerprint density at radius 2 is 2.08 bits per heavy atom. The van der Waals surface area contributed by atoms with Gasteiger partial charge in [-0.15, -0.1) is 0 Å². The summed E-state index contributed by atoms with van der Waals surface area (Å²) in [5.74, 6) is -1.44. The minimum Gasteiger partial charge on any atom is -0.462 e. The highest BCUT2D eigenvalue weighted by atomic mass is 16.5. The fourth-order valence-corrected chi connectivity index (χ4v) is 0.624. The molecule has 0 aromatic rings. The Morgan fingerprint density at radius 1 is 1.50 bits per heavy atom. The van der Waals surface area contributed by atoms with Crippen molar-refractivity contribution in [3.63, 3.8) is 0 Å². The summed E-state index contributed by atoms with van der Waals surface area (Å²) in [6, 6.07) is 0. The molecule has 0 radical (unpaired) electrons.